The Kier molecular flexibility index (Phi) is 9.61. The maximum Gasteiger partial charge on any atom is 0.323 e. The van der Waals surface area contributed by atoms with Gasteiger partial charge in [-0.3, -0.25) is 9.59 Å². The Morgan fingerprint density at radius 2 is 1.63 bits per heavy atom. The second-order valence-electron chi connectivity index (χ2n) is 9.68. The lowest BCUT2D eigenvalue weighted by atomic mass is 9.95. The first kappa shape index (κ1) is 26.2. The van der Waals surface area contributed by atoms with E-state index >= 15 is 0 Å². The fraction of sp³-hybridized carbons (Fsp3) is 0.393. The van der Waals surface area contributed by atoms with E-state index in [1.165, 1.54) is 0 Å². The molecular weight excluding hydrogens is 442 g/mol. The van der Waals surface area contributed by atoms with Crippen LogP contribution in [0, 0.1) is 5.92 Å². The second kappa shape index (κ2) is 12.9. The fourth-order valence-corrected chi connectivity index (χ4v) is 3.78. The lowest BCUT2D eigenvalue weighted by Crippen LogP contribution is -2.43. The van der Waals surface area contributed by atoms with Gasteiger partial charge in [0.2, 0.25) is 0 Å². The summed E-state index contributed by atoms with van der Waals surface area (Å²) in [5.41, 5.74) is 2.32. The molecule has 7 heteroatoms. The third-order valence-corrected chi connectivity index (χ3v) is 5.38. The third-order valence-electron chi connectivity index (χ3n) is 5.38. The molecule has 1 heterocycles. The molecular formula is C28H35N3O4. The molecule has 1 unspecified atom stereocenters. The zero-order valence-electron chi connectivity index (χ0n) is 20.7. The fourth-order valence-electron chi connectivity index (χ4n) is 3.78. The van der Waals surface area contributed by atoms with Crippen molar-refractivity contribution in [1.29, 1.82) is 0 Å². The molecule has 0 amide bonds. The van der Waals surface area contributed by atoms with Crippen LogP contribution in [0.25, 0.3) is 0 Å². The summed E-state index contributed by atoms with van der Waals surface area (Å²) in [6.07, 6.45) is 4.61. The van der Waals surface area contributed by atoms with Crippen LogP contribution in [0.3, 0.4) is 0 Å². The Labute approximate surface area is 207 Å². The quantitative estimate of drug-likeness (QED) is 0.379. The number of hydrogen-bond acceptors (Lipinski definition) is 6. The number of imidazole rings is 1. The summed E-state index contributed by atoms with van der Waals surface area (Å²) in [4.78, 5) is 32.7. The molecule has 0 saturated heterocycles. The predicted octanol–water partition coefficient (Wildman–Crippen LogP) is 4.24. The molecule has 2 N–H and O–H groups in total. The minimum Gasteiger partial charge on any atom is -0.460 e. The summed E-state index contributed by atoms with van der Waals surface area (Å²) in [6, 6.07) is 19.0. The van der Waals surface area contributed by atoms with E-state index in [2.05, 4.69) is 15.3 Å². The number of H-pyrrole nitrogens is 1. The predicted molar refractivity (Wildman–Crippen MR) is 134 cm³/mol. The number of nitrogens with one attached hydrogen (secondary N) is 2. The van der Waals surface area contributed by atoms with Gasteiger partial charge < -0.3 is 19.8 Å². The van der Waals surface area contributed by atoms with Crippen molar-refractivity contribution in [2.24, 2.45) is 5.92 Å². The molecule has 0 fully saturated rings. The molecule has 0 spiro atoms. The van der Waals surface area contributed by atoms with Crippen molar-refractivity contribution in [2.45, 2.75) is 58.3 Å². The SMILES string of the molecule is CC(C)(C)OC(=O)CC(CN[C@@H](Cc1cnc[nH]1)C(=O)OCc1ccccc1)Cc1ccccc1. The molecule has 0 aliphatic heterocycles. The Hall–Kier alpha value is -3.45. The Balaban J connectivity index is 1.67. The van der Waals surface area contributed by atoms with Crippen LogP contribution < -0.4 is 5.32 Å². The van der Waals surface area contributed by atoms with Gasteiger partial charge in [-0.2, -0.15) is 0 Å². The van der Waals surface area contributed by atoms with Gasteiger partial charge in [-0.1, -0.05) is 60.7 Å². The number of ether oxygens (including phenoxy) is 2. The van der Waals surface area contributed by atoms with Crippen LogP contribution in [0.1, 0.15) is 44.0 Å². The summed E-state index contributed by atoms with van der Waals surface area (Å²) >= 11 is 0. The molecule has 0 aliphatic carbocycles. The van der Waals surface area contributed by atoms with Gasteiger partial charge in [0, 0.05) is 24.7 Å². The zero-order valence-corrected chi connectivity index (χ0v) is 20.7. The van der Waals surface area contributed by atoms with E-state index in [1.54, 1.807) is 12.5 Å². The summed E-state index contributed by atoms with van der Waals surface area (Å²) in [5, 5.41) is 3.35. The molecule has 7 nitrogen and oxygen atoms in total. The number of aromatic amines is 1. The first-order valence-corrected chi connectivity index (χ1v) is 12.0. The number of carbonyl (C=O) groups is 2. The van der Waals surface area contributed by atoms with E-state index in [0.717, 1.165) is 16.8 Å². The van der Waals surface area contributed by atoms with E-state index in [-0.39, 0.29) is 30.9 Å². The maximum absolute atomic E-state index is 13.0. The highest BCUT2D eigenvalue weighted by atomic mass is 16.6. The van der Waals surface area contributed by atoms with Crippen LogP contribution >= 0.6 is 0 Å². The number of aromatic nitrogens is 2. The first-order valence-electron chi connectivity index (χ1n) is 12.0. The molecule has 3 rings (SSSR count). The van der Waals surface area contributed by atoms with Gasteiger partial charge in [0.25, 0.3) is 0 Å². The average molecular weight is 478 g/mol. The lowest BCUT2D eigenvalue weighted by molar-refractivity contribution is -0.155. The number of esters is 2. The minimum atomic E-state index is -0.587. The van der Waals surface area contributed by atoms with E-state index in [1.807, 2.05) is 81.4 Å². The number of carbonyl (C=O) groups excluding carboxylic acids is 2. The molecule has 186 valence electrons. The summed E-state index contributed by atoms with van der Waals surface area (Å²) in [6.45, 7) is 6.23. The standard InChI is InChI=1S/C28H35N3O4/c1-28(2,3)35-26(32)15-23(14-21-10-6-4-7-11-21)17-30-25(16-24-18-29-20-31-24)27(33)34-19-22-12-8-5-9-13-22/h4-13,18,20,23,25,30H,14-17,19H2,1-3H3,(H,29,31)/t23?,25-/m0/s1. The lowest BCUT2D eigenvalue weighted by Gasteiger charge is -2.24. The van der Waals surface area contributed by atoms with Crippen molar-refractivity contribution >= 4 is 11.9 Å². The highest BCUT2D eigenvalue weighted by Gasteiger charge is 2.25. The van der Waals surface area contributed by atoms with Crippen LogP contribution in [0.4, 0.5) is 0 Å². The van der Waals surface area contributed by atoms with Crippen molar-refractivity contribution in [1.82, 2.24) is 15.3 Å². The van der Waals surface area contributed by atoms with Gasteiger partial charge >= 0.3 is 11.9 Å². The smallest absolute Gasteiger partial charge is 0.323 e. The number of rotatable bonds is 12. The van der Waals surface area contributed by atoms with Crippen LogP contribution in [-0.4, -0.2) is 40.1 Å². The van der Waals surface area contributed by atoms with Crippen molar-refractivity contribution in [3.63, 3.8) is 0 Å². The topological polar surface area (TPSA) is 93.3 Å². The summed E-state index contributed by atoms with van der Waals surface area (Å²) in [7, 11) is 0. The number of hydrogen-bond donors (Lipinski definition) is 2. The largest absolute Gasteiger partial charge is 0.460 e. The van der Waals surface area contributed by atoms with Gasteiger partial charge in [-0.25, -0.2) is 4.98 Å². The van der Waals surface area contributed by atoms with E-state index in [4.69, 9.17) is 9.47 Å². The molecule has 0 bridgehead atoms. The second-order valence-corrected chi connectivity index (χ2v) is 9.68. The molecule has 1 aromatic heterocycles. The van der Waals surface area contributed by atoms with E-state index < -0.39 is 11.6 Å². The molecule has 2 atom stereocenters. The first-order chi connectivity index (χ1) is 16.8. The highest BCUT2D eigenvalue weighted by Crippen LogP contribution is 2.17. The van der Waals surface area contributed by atoms with Gasteiger partial charge in [0.1, 0.15) is 18.2 Å². The van der Waals surface area contributed by atoms with Crippen molar-refractivity contribution < 1.29 is 19.1 Å². The van der Waals surface area contributed by atoms with Crippen molar-refractivity contribution in [2.75, 3.05) is 6.54 Å². The Morgan fingerprint density at radius 3 is 2.23 bits per heavy atom. The molecule has 35 heavy (non-hydrogen) atoms. The van der Waals surface area contributed by atoms with E-state index in [0.29, 0.717) is 19.4 Å². The van der Waals surface area contributed by atoms with Crippen LogP contribution in [-0.2, 0) is 38.5 Å². The zero-order chi connectivity index (χ0) is 25.1. The van der Waals surface area contributed by atoms with Gasteiger partial charge in [0.05, 0.1) is 6.33 Å². The van der Waals surface area contributed by atoms with Gasteiger partial charge in [-0.05, 0) is 50.8 Å². The molecule has 0 aliphatic rings. The monoisotopic (exact) mass is 477 g/mol. The number of nitrogens with zero attached hydrogens (tertiary/aromatic N) is 1. The number of benzene rings is 2. The molecule has 3 aromatic rings. The van der Waals surface area contributed by atoms with Crippen LogP contribution in [0.2, 0.25) is 0 Å². The van der Waals surface area contributed by atoms with Crippen LogP contribution in [0.5, 0.6) is 0 Å². The Bertz CT molecular complexity index is 1030. The Morgan fingerprint density at radius 1 is 0.971 bits per heavy atom. The van der Waals surface area contributed by atoms with Crippen molar-refractivity contribution in [3.8, 4) is 0 Å². The highest BCUT2D eigenvalue weighted by molar-refractivity contribution is 5.76. The third kappa shape index (κ3) is 9.74. The molecule has 0 radical (unpaired) electrons. The maximum atomic E-state index is 13.0. The van der Waals surface area contributed by atoms with Crippen molar-refractivity contribution in [3.05, 3.63) is 90.0 Å². The summed E-state index contributed by atoms with van der Waals surface area (Å²) < 4.78 is 11.2. The summed E-state index contributed by atoms with van der Waals surface area (Å²) in [5.74, 6) is -0.658. The van der Waals surface area contributed by atoms with Crippen LogP contribution in [0.15, 0.2) is 73.2 Å². The normalized spacial score (nSPS) is 13.1. The van der Waals surface area contributed by atoms with Gasteiger partial charge in [0.15, 0.2) is 0 Å². The average Bonchev–Trinajstić information content (AvgIpc) is 3.33. The molecule has 0 saturated carbocycles. The minimum absolute atomic E-state index is 0.0570. The van der Waals surface area contributed by atoms with E-state index in [9.17, 15) is 9.59 Å². The van der Waals surface area contributed by atoms with Gasteiger partial charge in [-0.15, -0.1) is 0 Å². The molecule has 2 aromatic carbocycles.